The molecule has 1 atom stereocenters. The predicted molar refractivity (Wildman–Crippen MR) is 75.3 cm³/mol. The van der Waals surface area contributed by atoms with E-state index in [9.17, 15) is 4.79 Å². The number of amides is 1. The molecule has 1 aromatic carbocycles. The van der Waals surface area contributed by atoms with Gasteiger partial charge in [-0.2, -0.15) is 0 Å². The van der Waals surface area contributed by atoms with Gasteiger partial charge in [-0.15, -0.1) is 0 Å². The first-order valence-electron chi connectivity index (χ1n) is 6.35. The van der Waals surface area contributed by atoms with Gasteiger partial charge < -0.3 is 4.90 Å². The van der Waals surface area contributed by atoms with E-state index >= 15 is 0 Å². The molecule has 19 heavy (non-hydrogen) atoms. The molecule has 0 saturated heterocycles. The molecule has 1 amide bonds. The molecular formula is C16H16N2O. The van der Waals surface area contributed by atoms with Crippen LogP contribution in [0.4, 0.5) is 5.69 Å². The fourth-order valence-corrected chi connectivity index (χ4v) is 2.80. The van der Waals surface area contributed by atoms with Crippen molar-refractivity contribution in [1.82, 2.24) is 4.98 Å². The molecule has 1 unspecified atom stereocenters. The van der Waals surface area contributed by atoms with Crippen molar-refractivity contribution in [2.45, 2.75) is 19.3 Å². The van der Waals surface area contributed by atoms with Crippen LogP contribution in [0.15, 0.2) is 42.7 Å². The summed E-state index contributed by atoms with van der Waals surface area (Å²) in [5, 5.41) is 0. The summed E-state index contributed by atoms with van der Waals surface area (Å²) in [5.41, 5.74) is 3.54. The zero-order valence-corrected chi connectivity index (χ0v) is 11.3. The largest absolute Gasteiger partial charge is 0.313 e. The van der Waals surface area contributed by atoms with Gasteiger partial charge in [-0.25, -0.2) is 0 Å². The van der Waals surface area contributed by atoms with E-state index in [0.29, 0.717) is 0 Å². The predicted octanol–water partition coefficient (Wildman–Crippen LogP) is 2.67. The molecular weight excluding hydrogens is 236 g/mol. The zero-order chi connectivity index (χ0) is 13.6. The summed E-state index contributed by atoms with van der Waals surface area (Å²) in [6, 6.07) is 10.1. The minimum atomic E-state index is -0.610. The molecule has 0 aliphatic carbocycles. The van der Waals surface area contributed by atoms with Crippen LogP contribution in [-0.4, -0.2) is 17.9 Å². The van der Waals surface area contributed by atoms with Gasteiger partial charge in [-0.05, 0) is 31.0 Å². The van der Waals surface area contributed by atoms with Gasteiger partial charge >= 0.3 is 0 Å². The third kappa shape index (κ3) is 1.51. The van der Waals surface area contributed by atoms with Gasteiger partial charge in [0.15, 0.2) is 0 Å². The Labute approximate surface area is 112 Å². The lowest BCUT2D eigenvalue weighted by molar-refractivity contribution is -0.121. The van der Waals surface area contributed by atoms with Gasteiger partial charge in [-0.3, -0.25) is 9.78 Å². The van der Waals surface area contributed by atoms with Crippen LogP contribution >= 0.6 is 0 Å². The van der Waals surface area contributed by atoms with Crippen molar-refractivity contribution in [3.63, 3.8) is 0 Å². The number of aryl methyl sites for hydroxylation is 1. The number of benzene rings is 1. The van der Waals surface area contributed by atoms with Crippen molar-refractivity contribution in [3.05, 3.63) is 59.4 Å². The number of nitrogens with zero attached hydrogens (tertiary/aromatic N) is 2. The normalized spacial score (nSPS) is 21.6. The lowest BCUT2D eigenvalue weighted by atomic mass is 9.77. The fraction of sp³-hybridized carbons (Fsp3) is 0.250. The van der Waals surface area contributed by atoms with E-state index in [1.807, 2.05) is 51.2 Å². The second-order valence-electron chi connectivity index (χ2n) is 5.25. The average Bonchev–Trinajstić information content (AvgIpc) is 2.63. The minimum absolute atomic E-state index is 0.0966. The number of hydrogen-bond acceptors (Lipinski definition) is 2. The zero-order valence-electron chi connectivity index (χ0n) is 11.3. The molecule has 0 N–H and O–H groups in total. The first-order valence-corrected chi connectivity index (χ1v) is 6.35. The van der Waals surface area contributed by atoms with Crippen molar-refractivity contribution >= 4 is 11.6 Å². The maximum absolute atomic E-state index is 12.7. The number of fused-ring (bicyclic) bond motifs is 1. The Morgan fingerprint density at radius 2 is 1.84 bits per heavy atom. The molecule has 1 aliphatic rings. The van der Waals surface area contributed by atoms with Crippen molar-refractivity contribution in [3.8, 4) is 0 Å². The second kappa shape index (κ2) is 3.92. The smallest absolute Gasteiger partial charge is 0.241 e. The van der Waals surface area contributed by atoms with Crippen molar-refractivity contribution in [2.24, 2.45) is 0 Å². The molecule has 0 fully saturated rings. The van der Waals surface area contributed by atoms with E-state index in [4.69, 9.17) is 0 Å². The van der Waals surface area contributed by atoms with Gasteiger partial charge in [0, 0.05) is 13.2 Å². The summed E-state index contributed by atoms with van der Waals surface area (Å²) in [5.74, 6) is 0.0966. The third-order valence-electron chi connectivity index (χ3n) is 4.06. The van der Waals surface area contributed by atoms with Crippen LogP contribution in [0.5, 0.6) is 0 Å². The summed E-state index contributed by atoms with van der Waals surface area (Å²) in [7, 11) is 1.81. The second-order valence-corrected chi connectivity index (χ2v) is 5.25. The molecule has 0 saturated carbocycles. The van der Waals surface area contributed by atoms with Crippen molar-refractivity contribution < 1.29 is 4.79 Å². The Kier molecular flexibility index (Phi) is 2.45. The van der Waals surface area contributed by atoms with E-state index in [-0.39, 0.29) is 5.91 Å². The number of aromatic nitrogens is 1. The van der Waals surface area contributed by atoms with Gasteiger partial charge in [0.05, 0.1) is 17.3 Å². The van der Waals surface area contributed by atoms with Crippen LogP contribution in [0, 0.1) is 6.92 Å². The van der Waals surface area contributed by atoms with E-state index in [0.717, 1.165) is 16.8 Å². The summed E-state index contributed by atoms with van der Waals surface area (Å²) in [6.45, 7) is 4.04. The molecule has 3 rings (SSSR count). The summed E-state index contributed by atoms with van der Waals surface area (Å²) in [6.07, 6.45) is 3.50. The number of pyridine rings is 1. The molecule has 3 nitrogen and oxygen atoms in total. The lowest BCUT2D eigenvalue weighted by Gasteiger charge is -2.24. The molecule has 1 aromatic heterocycles. The molecule has 2 heterocycles. The van der Waals surface area contributed by atoms with Gasteiger partial charge in [0.2, 0.25) is 5.91 Å². The molecule has 0 spiro atoms. The van der Waals surface area contributed by atoms with Crippen molar-refractivity contribution in [2.75, 3.05) is 11.9 Å². The fourth-order valence-electron chi connectivity index (χ4n) is 2.80. The van der Waals surface area contributed by atoms with Crippen LogP contribution in [0.25, 0.3) is 0 Å². The average molecular weight is 252 g/mol. The van der Waals surface area contributed by atoms with Crippen LogP contribution in [0.1, 0.15) is 23.6 Å². The highest BCUT2D eigenvalue weighted by Gasteiger charge is 2.47. The topological polar surface area (TPSA) is 33.2 Å². The van der Waals surface area contributed by atoms with Crippen molar-refractivity contribution in [1.29, 1.82) is 0 Å². The maximum atomic E-state index is 12.7. The minimum Gasteiger partial charge on any atom is -0.313 e. The van der Waals surface area contributed by atoms with Gasteiger partial charge in [0.25, 0.3) is 0 Å². The number of rotatable bonds is 1. The number of carbonyl (C=O) groups excluding carboxylic acids is 1. The van der Waals surface area contributed by atoms with E-state index in [1.165, 1.54) is 5.56 Å². The molecule has 0 bridgehead atoms. The highest BCUT2D eigenvalue weighted by atomic mass is 16.2. The van der Waals surface area contributed by atoms with E-state index in [1.54, 1.807) is 17.3 Å². The van der Waals surface area contributed by atoms with Gasteiger partial charge in [0.1, 0.15) is 0 Å². The first kappa shape index (κ1) is 11.9. The summed E-state index contributed by atoms with van der Waals surface area (Å²) in [4.78, 5) is 18.5. The molecule has 0 radical (unpaired) electrons. The SMILES string of the molecule is Cc1ccc(C2(C)C(=O)N(C)c3cnccc32)cc1. The summed E-state index contributed by atoms with van der Waals surface area (Å²) >= 11 is 0. The van der Waals surface area contributed by atoms with E-state index < -0.39 is 5.41 Å². The van der Waals surface area contributed by atoms with Gasteiger partial charge in [-0.1, -0.05) is 29.8 Å². The highest BCUT2D eigenvalue weighted by Crippen LogP contribution is 2.44. The van der Waals surface area contributed by atoms with Crippen LogP contribution in [0.3, 0.4) is 0 Å². The summed E-state index contributed by atoms with van der Waals surface area (Å²) < 4.78 is 0. The Morgan fingerprint density at radius 1 is 1.16 bits per heavy atom. The number of anilines is 1. The Hall–Kier alpha value is -2.16. The van der Waals surface area contributed by atoms with Crippen LogP contribution in [-0.2, 0) is 10.2 Å². The third-order valence-corrected chi connectivity index (χ3v) is 4.06. The standard InChI is InChI=1S/C16H16N2O/c1-11-4-6-12(7-5-11)16(2)13-8-9-17-10-14(13)18(3)15(16)19/h4-10H,1-3H3. The quantitative estimate of drug-likeness (QED) is 0.781. The number of carbonyl (C=O) groups is 1. The molecule has 2 aromatic rings. The first-order chi connectivity index (χ1) is 9.05. The Balaban J connectivity index is 2.24. The van der Waals surface area contributed by atoms with Crippen LogP contribution in [0.2, 0.25) is 0 Å². The van der Waals surface area contributed by atoms with E-state index in [2.05, 4.69) is 4.98 Å². The number of likely N-dealkylation sites (N-methyl/N-ethyl adjacent to an activating group) is 1. The molecule has 3 heteroatoms. The molecule has 96 valence electrons. The lowest BCUT2D eigenvalue weighted by Crippen LogP contribution is -2.37. The Bertz CT molecular complexity index is 648. The highest BCUT2D eigenvalue weighted by molar-refractivity contribution is 6.09. The molecule has 1 aliphatic heterocycles. The van der Waals surface area contributed by atoms with Crippen LogP contribution < -0.4 is 4.90 Å². The maximum Gasteiger partial charge on any atom is 0.241 e. The number of hydrogen-bond donors (Lipinski definition) is 0. The monoisotopic (exact) mass is 252 g/mol. The Morgan fingerprint density at radius 3 is 2.53 bits per heavy atom.